The van der Waals surface area contributed by atoms with Crippen molar-refractivity contribution in [3.63, 3.8) is 0 Å². The maximum absolute atomic E-state index is 5.54. The van der Waals surface area contributed by atoms with Gasteiger partial charge in [0.05, 0.1) is 6.04 Å². The molecular formula is C20H28N4O2. The molecule has 0 bridgehead atoms. The number of hydrogen-bond donors (Lipinski definition) is 1. The van der Waals surface area contributed by atoms with Gasteiger partial charge in [0.15, 0.2) is 5.82 Å². The fourth-order valence-corrected chi connectivity index (χ4v) is 4.09. The lowest BCUT2D eigenvalue weighted by Gasteiger charge is -2.37. The average molecular weight is 356 g/mol. The highest BCUT2D eigenvalue weighted by Gasteiger charge is 2.32. The number of anilines is 1. The Labute approximate surface area is 154 Å². The number of hydrogen-bond acceptors (Lipinski definition) is 6. The molecule has 6 heteroatoms. The van der Waals surface area contributed by atoms with E-state index in [2.05, 4.69) is 50.7 Å². The number of ether oxygens (including phenoxy) is 1. The number of aryl methyl sites for hydroxylation is 1. The molecular weight excluding hydrogens is 328 g/mol. The Kier molecular flexibility index (Phi) is 5.51. The van der Waals surface area contributed by atoms with Crippen molar-refractivity contribution < 1.29 is 9.26 Å². The fourth-order valence-electron chi connectivity index (χ4n) is 4.09. The minimum atomic E-state index is 0.133. The van der Waals surface area contributed by atoms with E-state index in [0.29, 0.717) is 17.8 Å². The Morgan fingerprint density at radius 1 is 1.08 bits per heavy atom. The number of piperidine rings is 1. The molecule has 140 valence electrons. The molecule has 1 aromatic carbocycles. The third kappa shape index (κ3) is 4.07. The van der Waals surface area contributed by atoms with Gasteiger partial charge in [0.2, 0.25) is 5.89 Å². The normalized spacial score (nSPS) is 21.0. The molecule has 2 aromatic rings. The van der Waals surface area contributed by atoms with Crippen LogP contribution in [0.25, 0.3) is 0 Å². The zero-order chi connectivity index (χ0) is 17.8. The first kappa shape index (κ1) is 17.5. The molecule has 2 saturated heterocycles. The van der Waals surface area contributed by atoms with Crippen LogP contribution in [0.3, 0.4) is 0 Å². The van der Waals surface area contributed by atoms with Crippen molar-refractivity contribution >= 4 is 5.69 Å². The number of rotatable bonds is 5. The van der Waals surface area contributed by atoms with Gasteiger partial charge in [0.25, 0.3) is 0 Å². The van der Waals surface area contributed by atoms with Crippen LogP contribution in [0.2, 0.25) is 0 Å². The standard InChI is InChI=1S/C20H28N4O2/c1-15-21-20(26-23-15)19(16-9-13-25-14-10-16)22-17-7-11-24(12-8-17)18-5-3-2-4-6-18/h2-6,16-17,19,22H,7-14H2,1H3/t19-/m1/s1. The van der Waals surface area contributed by atoms with Crippen LogP contribution in [0.15, 0.2) is 34.9 Å². The first-order valence-corrected chi connectivity index (χ1v) is 9.73. The summed E-state index contributed by atoms with van der Waals surface area (Å²) in [6, 6.07) is 11.3. The Bertz CT molecular complexity index is 676. The van der Waals surface area contributed by atoms with Crippen LogP contribution in [-0.4, -0.2) is 42.5 Å². The summed E-state index contributed by atoms with van der Waals surface area (Å²) in [6.45, 7) is 5.67. The molecule has 1 atom stereocenters. The topological polar surface area (TPSA) is 63.4 Å². The van der Waals surface area contributed by atoms with Gasteiger partial charge in [-0.05, 0) is 50.7 Å². The van der Waals surface area contributed by atoms with Crippen LogP contribution in [0, 0.1) is 12.8 Å². The maximum Gasteiger partial charge on any atom is 0.244 e. The van der Waals surface area contributed by atoms with E-state index < -0.39 is 0 Å². The minimum absolute atomic E-state index is 0.133. The van der Waals surface area contributed by atoms with Gasteiger partial charge in [-0.3, -0.25) is 0 Å². The predicted octanol–water partition coefficient (Wildman–Crippen LogP) is 3.10. The number of nitrogens with one attached hydrogen (secondary N) is 1. The van der Waals surface area contributed by atoms with Crippen molar-refractivity contribution in [2.45, 2.75) is 44.7 Å². The molecule has 6 nitrogen and oxygen atoms in total. The molecule has 0 aliphatic carbocycles. The number of nitrogens with zero attached hydrogens (tertiary/aromatic N) is 3. The Morgan fingerprint density at radius 3 is 2.46 bits per heavy atom. The SMILES string of the molecule is Cc1noc([C@H](NC2CCN(c3ccccc3)CC2)C2CCOCC2)n1. The van der Waals surface area contributed by atoms with E-state index >= 15 is 0 Å². The van der Waals surface area contributed by atoms with Crippen LogP contribution in [-0.2, 0) is 4.74 Å². The molecule has 1 N–H and O–H groups in total. The molecule has 0 spiro atoms. The summed E-state index contributed by atoms with van der Waals surface area (Å²) in [4.78, 5) is 6.99. The Balaban J connectivity index is 1.40. The quantitative estimate of drug-likeness (QED) is 0.888. The van der Waals surface area contributed by atoms with Crippen LogP contribution >= 0.6 is 0 Å². The second kappa shape index (κ2) is 8.18. The number of aromatic nitrogens is 2. The second-order valence-corrected chi connectivity index (χ2v) is 7.37. The monoisotopic (exact) mass is 356 g/mol. The lowest BCUT2D eigenvalue weighted by Crippen LogP contribution is -2.46. The highest BCUT2D eigenvalue weighted by Crippen LogP contribution is 2.31. The molecule has 2 aliphatic rings. The molecule has 26 heavy (non-hydrogen) atoms. The number of benzene rings is 1. The van der Waals surface area contributed by atoms with Crippen LogP contribution in [0.5, 0.6) is 0 Å². The van der Waals surface area contributed by atoms with Crippen LogP contribution in [0.4, 0.5) is 5.69 Å². The summed E-state index contributed by atoms with van der Waals surface area (Å²) in [5, 5.41) is 7.86. The zero-order valence-electron chi connectivity index (χ0n) is 15.4. The summed E-state index contributed by atoms with van der Waals surface area (Å²) in [5.74, 6) is 1.94. The summed E-state index contributed by atoms with van der Waals surface area (Å²) >= 11 is 0. The van der Waals surface area contributed by atoms with Gasteiger partial charge in [0, 0.05) is 38.0 Å². The molecule has 0 saturated carbocycles. The smallest absolute Gasteiger partial charge is 0.244 e. The van der Waals surface area contributed by atoms with E-state index in [0.717, 1.165) is 57.9 Å². The third-order valence-electron chi connectivity index (χ3n) is 5.58. The molecule has 2 aliphatic heterocycles. The Hall–Kier alpha value is -1.92. The van der Waals surface area contributed by atoms with Gasteiger partial charge in [-0.2, -0.15) is 4.98 Å². The number of para-hydroxylation sites is 1. The summed E-state index contributed by atoms with van der Waals surface area (Å²) < 4.78 is 11.1. The molecule has 2 fully saturated rings. The van der Waals surface area contributed by atoms with Crippen molar-refractivity contribution in [2.75, 3.05) is 31.2 Å². The van der Waals surface area contributed by atoms with E-state index in [4.69, 9.17) is 9.26 Å². The molecule has 4 rings (SSSR count). The average Bonchev–Trinajstić information content (AvgIpc) is 3.14. The molecule has 0 radical (unpaired) electrons. The molecule has 0 unspecified atom stereocenters. The second-order valence-electron chi connectivity index (χ2n) is 7.37. The van der Waals surface area contributed by atoms with Gasteiger partial charge in [-0.1, -0.05) is 23.4 Å². The van der Waals surface area contributed by atoms with Crippen molar-refractivity contribution in [1.82, 2.24) is 15.5 Å². The zero-order valence-corrected chi connectivity index (χ0v) is 15.4. The van der Waals surface area contributed by atoms with Gasteiger partial charge < -0.3 is 19.5 Å². The largest absolute Gasteiger partial charge is 0.381 e. The third-order valence-corrected chi connectivity index (χ3v) is 5.58. The lowest BCUT2D eigenvalue weighted by molar-refractivity contribution is 0.0461. The van der Waals surface area contributed by atoms with Crippen molar-refractivity contribution in [1.29, 1.82) is 0 Å². The van der Waals surface area contributed by atoms with E-state index in [9.17, 15) is 0 Å². The Morgan fingerprint density at radius 2 is 1.81 bits per heavy atom. The van der Waals surface area contributed by atoms with Gasteiger partial charge in [-0.25, -0.2) is 0 Å². The van der Waals surface area contributed by atoms with Crippen LogP contribution < -0.4 is 10.2 Å². The molecule has 0 amide bonds. The van der Waals surface area contributed by atoms with E-state index in [-0.39, 0.29) is 6.04 Å². The minimum Gasteiger partial charge on any atom is -0.381 e. The van der Waals surface area contributed by atoms with Gasteiger partial charge >= 0.3 is 0 Å². The summed E-state index contributed by atoms with van der Waals surface area (Å²) in [7, 11) is 0. The van der Waals surface area contributed by atoms with Crippen LogP contribution in [0.1, 0.15) is 43.4 Å². The highest BCUT2D eigenvalue weighted by atomic mass is 16.5. The van der Waals surface area contributed by atoms with E-state index in [1.165, 1.54) is 5.69 Å². The fraction of sp³-hybridized carbons (Fsp3) is 0.600. The van der Waals surface area contributed by atoms with Crippen molar-refractivity contribution in [3.05, 3.63) is 42.0 Å². The predicted molar refractivity (Wildman–Crippen MR) is 100 cm³/mol. The van der Waals surface area contributed by atoms with Gasteiger partial charge in [-0.15, -0.1) is 0 Å². The first-order valence-electron chi connectivity index (χ1n) is 9.73. The van der Waals surface area contributed by atoms with E-state index in [1.807, 2.05) is 6.92 Å². The van der Waals surface area contributed by atoms with Crippen molar-refractivity contribution in [2.24, 2.45) is 5.92 Å². The molecule has 1 aromatic heterocycles. The highest BCUT2D eigenvalue weighted by molar-refractivity contribution is 5.46. The summed E-state index contributed by atoms with van der Waals surface area (Å²) in [6.07, 6.45) is 4.34. The molecule has 3 heterocycles. The van der Waals surface area contributed by atoms with E-state index in [1.54, 1.807) is 0 Å². The van der Waals surface area contributed by atoms with Gasteiger partial charge in [0.1, 0.15) is 0 Å². The van der Waals surface area contributed by atoms with Crippen molar-refractivity contribution in [3.8, 4) is 0 Å². The summed E-state index contributed by atoms with van der Waals surface area (Å²) in [5.41, 5.74) is 1.32. The maximum atomic E-state index is 5.54. The lowest BCUT2D eigenvalue weighted by atomic mass is 9.90. The first-order chi connectivity index (χ1) is 12.8.